The minimum absolute atomic E-state index is 0.257. The van der Waals surface area contributed by atoms with E-state index in [-0.39, 0.29) is 5.82 Å². The molecule has 0 radical (unpaired) electrons. The zero-order chi connectivity index (χ0) is 12.5. The third-order valence-corrected chi connectivity index (χ3v) is 3.91. The molecule has 90 valence electrons. The fraction of sp³-hybridized carbons (Fsp3) is 0. The molecule has 3 rings (SSSR count). The molecule has 1 heterocycles. The number of hydrogen-bond donors (Lipinski definition) is 1. The summed E-state index contributed by atoms with van der Waals surface area (Å²) in [4.78, 5) is 4.42. The van der Waals surface area contributed by atoms with Crippen LogP contribution in [0.5, 0.6) is 0 Å². The van der Waals surface area contributed by atoms with Crippen molar-refractivity contribution in [2.24, 2.45) is 0 Å². The van der Waals surface area contributed by atoms with Crippen molar-refractivity contribution in [3.05, 3.63) is 53.3 Å². The Morgan fingerprint density at radius 1 is 1.11 bits per heavy atom. The van der Waals surface area contributed by atoms with E-state index in [1.807, 2.05) is 18.2 Å². The van der Waals surface area contributed by atoms with Crippen LogP contribution in [0.3, 0.4) is 0 Å². The maximum Gasteiger partial charge on any atom is 0.188 e. The van der Waals surface area contributed by atoms with Crippen LogP contribution in [0.25, 0.3) is 10.2 Å². The maximum absolute atomic E-state index is 12.8. The van der Waals surface area contributed by atoms with Crippen LogP contribution in [0.15, 0.2) is 42.5 Å². The molecule has 0 atom stereocenters. The molecule has 1 aromatic heterocycles. The molecule has 0 saturated carbocycles. The summed E-state index contributed by atoms with van der Waals surface area (Å²) in [7, 11) is 0. The van der Waals surface area contributed by atoms with Crippen molar-refractivity contribution in [1.82, 2.24) is 4.98 Å². The molecule has 0 bridgehead atoms. The van der Waals surface area contributed by atoms with Crippen molar-refractivity contribution in [2.45, 2.75) is 0 Å². The van der Waals surface area contributed by atoms with Crippen molar-refractivity contribution in [3.8, 4) is 0 Å². The van der Waals surface area contributed by atoms with Gasteiger partial charge in [0, 0.05) is 5.69 Å². The number of thiazole rings is 1. The smallest absolute Gasteiger partial charge is 0.188 e. The Bertz CT molecular complexity index is 694. The second-order valence-electron chi connectivity index (χ2n) is 3.74. The van der Waals surface area contributed by atoms with Gasteiger partial charge in [-0.3, -0.25) is 0 Å². The van der Waals surface area contributed by atoms with Crippen LogP contribution in [-0.2, 0) is 0 Å². The number of nitrogens with zero attached hydrogens (tertiary/aromatic N) is 1. The van der Waals surface area contributed by atoms with Gasteiger partial charge >= 0.3 is 0 Å². The Morgan fingerprint density at radius 2 is 1.89 bits per heavy atom. The molecule has 1 N–H and O–H groups in total. The van der Waals surface area contributed by atoms with E-state index < -0.39 is 0 Å². The molecule has 3 aromatic rings. The first-order valence-corrected chi connectivity index (χ1v) is 6.49. The van der Waals surface area contributed by atoms with E-state index in [0.29, 0.717) is 5.02 Å². The standard InChI is InChI=1S/C13H8ClFN2S/c14-10-2-1-3-11-12(10)18-13(17-11)16-9-6-4-8(15)5-7-9/h1-7H,(H,16,17). The van der Waals surface area contributed by atoms with E-state index in [4.69, 9.17) is 11.6 Å². The Hall–Kier alpha value is -1.65. The van der Waals surface area contributed by atoms with Gasteiger partial charge in [-0.25, -0.2) is 9.37 Å². The largest absolute Gasteiger partial charge is 0.332 e. The summed E-state index contributed by atoms with van der Waals surface area (Å²) < 4.78 is 13.7. The van der Waals surface area contributed by atoms with Crippen LogP contribution < -0.4 is 5.32 Å². The van der Waals surface area contributed by atoms with Gasteiger partial charge < -0.3 is 5.32 Å². The van der Waals surface area contributed by atoms with Crippen LogP contribution in [0.4, 0.5) is 15.2 Å². The summed E-state index contributed by atoms with van der Waals surface area (Å²) in [5.74, 6) is -0.257. The second-order valence-corrected chi connectivity index (χ2v) is 5.15. The molecule has 18 heavy (non-hydrogen) atoms. The van der Waals surface area contributed by atoms with Gasteiger partial charge in [0.1, 0.15) is 5.82 Å². The molecule has 2 nitrogen and oxygen atoms in total. The zero-order valence-electron chi connectivity index (χ0n) is 9.15. The first-order chi connectivity index (χ1) is 8.72. The van der Waals surface area contributed by atoms with Crippen LogP contribution in [-0.4, -0.2) is 4.98 Å². The molecule has 5 heteroatoms. The van der Waals surface area contributed by atoms with Crippen molar-refractivity contribution in [1.29, 1.82) is 0 Å². The van der Waals surface area contributed by atoms with Gasteiger partial charge in [0.05, 0.1) is 15.2 Å². The van der Waals surface area contributed by atoms with Crippen molar-refractivity contribution in [2.75, 3.05) is 5.32 Å². The highest BCUT2D eigenvalue weighted by Gasteiger charge is 2.06. The fourth-order valence-corrected chi connectivity index (χ4v) is 2.80. The normalized spacial score (nSPS) is 10.8. The Labute approximate surface area is 112 Å². The molecular weight excluding hydrogens is 271 g/mol. The molecule has 0 aliphatic carbocycles. The second kappa shape index (κ2) is 4.55. The van der Waals surface area contributed by atoms with E-state index in [9.17, 15) is 4.39 Å². The summed E-state index contributed by atoms with van der Waals surface area (Å²) >= 11 is 7.56. The van der Waals surface area contributed by atoms with Crippen molar-refractivity contribution in [3.63, 3.8) is 0 Å². The lowest BCUT2D eigenvalue weighted by atomic mass is 10.3. The van der Waals surface area contributed by atoms with Crippen LogP contribution in [0, 0.1) is 5.82 Å². The van der Waals surface area contributed by atoms with Crippen molar-refractivity contribution < 1.29 is 4.39 Å². The molecule has 0 fully saturated rings. The average Bonchev–Trinajstić information content (AvgIpc) is 2.76. The third-order valence-electron chi connectivity index (χ3n) is 2.46. The maximum atomic E-state index is 12.8. The van der Waals surface area contributed by atoms with Gasteiger partial charge in [-0.05, 0) is 36.4 Å². The summed E-state index contributed by atoms with van der Waals surface area (Å²) in [6, 6.07) is 11.8. The highest BCUT2D eigenvalue weighted by atomic mass is 35.5. The topological polar surface area (TPSA) is 24.9 Å². The van der Waals surface area contributed by atoms with E-state index in [0.717, 1.165) is 21.0 Å². The highest BCUT2D eigenvalue weighted by Crippen LogP contribution is 2.33. The summed E-state index contributed by atoms with van der Waals surface area (Å²) in [5.41, 5.74) is 1.66. The molecule has 0 unspecified atom stereocenters. The van der Waals surface area contributed by atoms with E-state index in [2.05, 4.69) is 10.3 Å². The minimum Gasteiger partial charge on any atom is -0.332 e. The number of fused-ring (bicyclic) bond motifs is 1. The number of halogens is 2. The van der Waals surface area contributed by atoms with E-state index in [1.54, 1.807) is 12.1 Å². The zero-order valence-corrected chi connectivity index (χ0v) is 10.7. The average molecular weight is 279 g/mol. The minimum atomic E-state index is -0.257. The number of hydrogen-bond acceptors (Lipinski definition) is 3. The number of anilines is 2. The first-order valence-electron chi connectivity index (χ1n) is 5.30. The number of benzene rings is 2. The Kier molecular flexibility index (Phi) is 2.89. The number of nitrogens with one attached hydrogen (secondary N) is 1. The number of rotatable bonds is 2. The summed E-state index contributed by atoms with van der Waals surface area (Å²) in [6.45, 7) is 0. The third kappa shape index (κ3) is 2.17. The molecule has 0 aliphatic rings. The van der Waals surface area contributed by atoms with Gasteiger partial charge in [-0.1, -0.05) is 29.0 Å². The predicted octanol–water partition coefficient (Wildman–Crippen LogP) is 4.83. The lowest BCUT2D eigenvalue weighted by Gasteiger charge is -2.00. The summed E-state index contributed by atoms with van der Waals surface area (Å²) in [6.07, 6.45) is 0. The van der Waals surface area contributed by atoms with Gasteiger partial charge in [0.15, 0.2) is 5.13 Å². The van der Waals surface area contributed by atoms with Gasteiger partial charge in [0.2, 0.25) is 0 Å². The number of aromatic nitrogens is 1. The monoisotopic (exact) mass is 278 g/mol. The lowest BCUT2D eigenvalue weighted by molar-refractivity contribution is 0.628. The van der Waals surface area contributed by atoms with Gasteiger partial charge in [-0.15, -0.1) is 0 Å². The molecular formula is C13H8ClFN2S. The van der Waals surface area contributed by atoms with E-state index in [1.165, 1.54) is 23.5 Å². The predicted molar refractivity (Wildman–Crippen MR) is 74.3 cm³/mol. The molecule has 2 aromatic carbocycles. The van der Waals surface area contributed by atoms with Crippen LogP contribution in [0.1, 0.15) is 0 Å². The summed E-state index contributed by atoms with van der Waals surface area (Å²) in [5, 5.41) is 4.56. The lowest BCUT2D eigenvalue weighted by Crippen LogP contribution is -1.88. The molecule has 0 aliphatic heterocycles. The molecule has 0 amide bonds. The van der Waals surface area contributed by atoms with Crippen LogP contribution in [0.2, 0.25) is 5.02 Å². The fourth-order valence-electron chi connectivity index (χ4n) is 1.63. The molecule has 0 spiro atoms. The van der Waals surface area contributed by atoms with Crippen LogP contribution >= 0.6 is 22.9 Å². The SMILES string of the molecule is Fc1ccc(Nc2nc3cccc(Cl)c3s2)cc1. The van der Waals surface area contributed by atoms with Gasteiger partial charge in [-0.2, -0.15) is 0 Å². The van der Waals surface area contributed by atoms with Crippen molar-refractivity contribution >= 4 is 44.0 Å². The van der Waals surface area contributed by atoms with E-state index >= 15 is 0 Å². The first kappa shape index (κ1) is 11.4. The Morgan fingerprint density at radius 3 is 2.61 bits per heavy atom. The quantitative estimate of drug-likeness (QED) is 0.726. The highest BCUT2D eigenvalue weighted by molar-refractivity contribution is 7.22. The van der Waals surface area contributed by atoms with Gasteiger partial charge in [0.25, 0.3) is 0 Å². The Balaban J connectivity index is 1.95. The molecule has 0 saturated heterocycles.